The highest BCUT2D eigenvalue weighted by atomic mass is 19.4. The van der Waals surface area contributed by atoms with E-state index in [-0.39, 0.29) is 34.3 Å². The van der Waals surface area contributed by atoms with Crippen LogP contribution in [0.5, 0.6) is 0 Å². The van der Waals surface area contributed by atoms with Gasteiger partial charge in [-0.1, -0.05) is 12.1 Å². The van der Waals surface area contributed by atoms with Gasteiger partial charge in [0.05, 0.1) is 41.2 Å². The lowest BCUT2D eigenvalue weighted by Gasteiger charge is -2.28. The van der Waals surface area contributed by atoms with E-state index < -0.39 is 29.4 Å². The number of nitrogens with zero attached hydrogens (tertiary/aromatic N) is 3. The van der Waals surface area contributed by atoms with Gasteiger partial charge in [0.15, 0.2) is 5.78 Å². The molecule has 0 saturated heterocycles. The third-order valence-electron chi connectivity index (χ3n) is 5.51. The van der Waals surface area contributed by atoms with E-state index in [1.54, 1.807) is 0 Å². The fourth-order valence-electron chi connectivity index (χ4n) is 3.99. The maximum Gasteiger partial charge on any atom is 0.416 e. The molecular formula is C22H18F4N4O2. The van der Waals surface area contributed by atoms with Crippen LogP contribution in [0.1, 0.15) is 62.8 Å². The Hall–Kier alpha value is -3.56. The smallest absolute Gasteiger partial charge is 0.319 e. The fourth-order valence-corrected chi connectivity index (χ4v) is 3.99. The van der Waals surface area contributed by atoms with Crippen molar-refractivity contribution in [1.82, 2.24) is 14.8 Å². The van der Waals surface area contributed by atoms with Crippen molar-refractivity contribution in [3.63, 3.8) is 0 Å². The highest BCUT2D eigenvalue weighted by Gasteiger charge is 2.37. The van der Waals surface area contributed by atoms with Crippen molar-refractivity contribution < 1.29 is 27.2 Å². The van der Waals surface area contributed by atoms with Crippen LogP contribution in [0, 0.1) is 12.7 Å². The van der Waals surface area contributed by atoms with Gasteiger partial charge in [-0.15, -0.1) is 0 Å². The average Bonchev–Trinajstić information content (AvgIpc) is 3.14. The van der Waals surface area contributed by atoms with Gasteiger partial charge >= 0.3 is 6.18 Å². The first-order valence-corrected chi connectivity index (χ1v) is 9.77. The number of carbonyl (C=O) groups excluding carboxylic acids is 2. The molecule has 32 heavy (non-hydrogen) atoms. The van der Waals surface area contributed by atoms with Gasteiger partial charge in [0.2, 0.25) is 0 Å². The van der Waals surface area contributed by atoms with Crippen LogP contribution in [0.3, 0.4) is 0 Å². The van der Waals surface area contributed by atoms with Crippen LogP contribution in [0.15, 0.2) is 42.9 Å². The third-order valence-corrected chi connectivity index (χ3v) is 5.51. The molecule has 1 aromatic carbocycles. The van der Waals surface area contributed by atoms with Crippen molar-refractivity contribution in [1.29, 1.82) is 0 Å². The lowest BCUT2D eigenvalue weighted by Crippen LogP contribution is -2.29. The third kappa shape index (κ3) is 3.88. The minimum Gasteiger partial charge on any atom is -0.319 e. The number of nitrogens with one attached hydrogen (secondary N) is 1. The molecular weight excluding hydrogens is 428 g/mol. The predicted octanol–water partition coefficient (Wildman–Crippen LogP) is 4.93. The molecule has 1 aliphatic heterocycles. The number of rotatable bonds is 3. The van der Waals surface area contributed by atoms with E-state index in [9.17, 15) is 27.2 Å². The molecule has 10 heteroatoms. The van der Waals surface area contributed by atoms with E-state index in [0.717, 1.165) is 18.3 Å². The molecule has 0 fully saturated rings. The largest absolute Gasteiger partial charge is 0.416 e. The van der Waals surface area contributed by atoms with E-state index in [4.69, 9.17) is 0 Å². The number of hydrogen-bond acceptors (Lipinski definition) is 4. The van der Waals surface area contributed by atoms with E-state index in [0.29, 0.717) is 12.0 Å². The minimum absolute atomic E-state index is 0.0293. The van der Waals surface area contributed by atoms with Crippen molar-refractivity contribution in [3.05, 3.63) is 76.6 Å². The highest BCUT2D eigenvalue weighted by molar-refractivity contribution is 6.10. The van der Waals surface area contributed by atoms with Crippen molar-refractivity contribution in [2.24, 2.45) is 0 Å². The van der Waals surface area contributed by atoms with Crippen LogP contribution in [0.4, 0.5) is 23.2 Å². The molecule has 1 aliphatic rings. The Kier molecular flexibility index (Phi) is 5.31. The number of aromatic nitrogens is 3. The average molecular weight is 446 g/mol. The summed E-state index contributed by atoms with van der Waals surface area (Å²) in [6, 6.07) is 4.44. The number of fused-ring (bicyclic) bond motifs is 1. The van der Waals surface area contributed by atoms with Crippen LogP contribution in [0.2, 0.25) is 0 Å². The van der Waals surface area contributed by atoms with Crippen LogP contribution >= 0.6 is 0 Å². The number of hydrogen-bond donors (Lipinski definition) is 1. The Morgan fingerprint density at radius 2 is 1.94 bits per heavy atom. The molecule has 1 unspecified atom stereocenters. The van der Waals surface area contributed by atoms with E-state index in [1.165, 1.54) is 36.1 Å². The van der Waals surface area contributed by atoms with Crippen molar-refractivity contribution in [2.45, 2.75) is 38.4 Å². The number of ketones is 1. The van der Waals surface area contributed by atoms with Crippen molar-refractivity contribution in [3.8, 4) is 0 Å². The van der Waals surface area contributed by atoms with Gasteiger partial charge in [-0.05, 0) is 43.5 Å². The number of halogens is 4. The van der Waals surface area contributed by atoms with Crippen LogP contribution in [-0.2, 0) is 6.18 Å². The summed E-state index contributed by atoms with van der Waals surface area (Å²) in [6.45, 7) is 3.18. The van der Waals surface area contributed by atoms with E-state index in [2.05, 4.69) is 15.4 Å². The molecule has 3 aromatic rings. The molecule has 166 valence electrons. The molecule has 2 atom stereocenters. The molecule has 1 amide bonds. The number of anilines is 1. The zero-order valence-corrected chi connectivity index (χ0v) is 17.1. The maximum atomic E-state index is 13.4. The van der Waals surface area contributed by atoms with E-state index >= 15 is 0 Å². The van der Waals surface area contributed by atoms with Gasteiger partial charge in [0.1, 0.15) is 11.5 Å². The first kappa shape index (κ1) is 21.7. The molecule has 0 bridgehead atoms. The molecule has 1 N–H and O–H groups in total. The van der Waals surface area contributed by atoms with E-state index in [1.807, 2.05) is 6.92 Å². The predicted molar refractivity (Wildman–Crippen MR) is 107 cm³/mol. The summed E-state index contributed by atoms with van der Waals surface area (Å²) in [5.41, 5.74) is -0.00282. The number of amides is 1. The number of carbonyl (C=O) groups is 2. The normalized spacial score (nSPS) is 18.4. The second-order valence-electron chi connectivity index (χ2n) is 7.77. The number of aryl methyl sites for hydroxylation is 1. The number of alkyl halides is 3. The number of Topliss-reactive ketones (excluding diaryl/α,β-unsaturated/α-hetero) is 1. The number of benzene rings is 1. The van der Waals surface area contributed by atoms with Crippen molar-refractivity contribution in [2.75, 3.05) is 5.32 Å². The first-order chi connectivity index (χ1) is 15.1. The van der Waals surface area contributed by atoms with Gasteiger partial charge in [-0.2, -0.15) is 18.3 Å². The lowest BCUT2D eigenvalue weighted by molar-refractivity contribution is -0.138. The lowest BCUT2D eigenvalue weighted by atomic mass is 9.83. The quantitative estimate of drug-likeness (QED) is 0.579. The molecule has 0 spiro atoms. The Labute approximate surface area is 180 Å². The van der Waals surface area contributed by atoms with Gasteiger partial charge < -0.3 is 5.32 Å². The molecule has 0 aliphatic carbocycles. The highest BCUT2D eigenvalue weighted by Crippen LogP contribution is 2.40. The minimum atomic E-state index is -4.48. The molecule has 0 saturated carbocycles. The summed E-state index contributed by atoms with van der Waals surface area (Å²) in [5, 5.41) is 6.75. The summed E-state index contributed by atoms with van der Waals surface area (Å²) in [5.74, 6) is -2.41. The summed E-state index contributed by atoms with van der Waals surface area (Å²) >= 11 is 0. The maximum absolute atomic E-state index is 13.4. The molecule has 6 nitrogen and oxygen atoms in total. The van der Waals surface area contributed by atoms with Crippen LogP contribution < -0.4 is 5.32 Å². The molecule has 0 radical (unpaired) electrons. The zero-order chi connectivity index (χ0) is 23.2. The van der Waals surface area contributed by atoms with Gasteiger partial charge in [0.25, 0.3) is 5.91 Å². The molecule has 4 rings (SSSR count). The van der Waals surface area contributed by atoms with Crippen LogP contribution in [-0.4, -0.2) is 26.5 Å². The Morgan fingerprint density at radius 3 is 2.59 bits per heavy atom. The topological polar surface area (TPSA) is 76.9 Å². The molecule has 3 heterocycles. The van der Waals surface area contributed by atoms with Gasteiger partial charge in [0, 0.05) is 6.20 Å². The first-order valence-electron chi connectivity index (χ1n) is 9.77. The second kappa shape index (κ2) is 7.85. The van der Waals surface area contributed by atoms with Gasteiger partial charge in [-0.3, -0.25) is 19.3 Å². The van der Waals surface area contributed by atoms with Crippen LogP contribution in [0.25, 0.3) is 0 Å². The fraction of sp³-hybridized carbons (Fsp3) is 0.273. The second-order valence-corrected chi connectivity index (χ2v) is 7.77. The monoisotopic (exact) mass is 446 g/mol. The molecule has 2 aromatic heterocycles. The summed E-state index contributed by atoms with van der Waals surface area (Å²) in [7, 11) is 0. The summed E-state index contributed by atoms with van der Waals surface area (Å²) in [6.07, 6.45) is -0.657. The Balaban J connectivity index is 1.66. The Bertz CT molecular complexity index is 1220. The standard InChI is InChI=1S/C22H18F4N4O2/c1-11-5-13(3-4-17(11)22(24,25)26)16-6-12(2)30-19(20(16)31)18(10-28-30)29-21(32)14-7-15(23)9-27-8-14/h3-5,7-10,12,16H,6H2,1-2H3,(H,29,32)/t12-,16?/m0/s1. The summed E-state index contributed by atoms with van der Waals surface area (Å²) in [4.78, 5) is 29.4. The number of pyridine rings is 1. The summed E-state index contributed by atoms with van der Waals surface area (Å²) < 4.78 is 54.2. The Morgan fingerprint density at radius 1 is 1.19 bits per heavy atom. The van der Waals surface area contributed by atoms with Crippen molar-refractivity contribution >= 4 is 17.4 Å². The SMILES string of the molecule is Cc1cc(C2C[C@H](C)n3ncc(NC(=O)c4cncc(F)c4)c3C2=O)ccc1C(F)(F)F. The zero-order valence-electron chi connectivity index (χ0n) is 17.1. The van der Waals surface area contributed by atoms with Gasteiger partial charge in [-0.25, -0.2) is 4.39 Å².